The molecule has 0 saturated carbocycles. The molecule has 2 saturated heterocycles. The summed E-state index contributed by atoms with van der Waals surface area (Å²) in [5.41, 5.74) is 1.86. The molecule has 2 aliphatic heterocycles. The quantitative estimate of drug-likeness (QED) is 0.295. The van der Waals surface area contributed by atoms with Crippen molar-refractivity contribution in [2.75, 3.05) is 39.3 Å². The summed E-state index contributed by atoms with van der Waals surface area (Å²) in [6, 6.07) is 11.5. The average molecular weight is 634 g/mol. The molecule has 5 rings (SSSR count). The SMILES string of the molecule is CCNC(=N)N1CCN(C(=O)C2CCCN2S(=O)(=O)c2ccc(Cl)c(COc3cccc4ccc(C)nc34)c2Cl)CC1. The van der Waals surface area contributed by atoms with Crippen LogP contribution in [0.2, 0.25) is 10.0 Å². The molecule has 1 atom stereocenters. The summed E-state index contributed by atoms with van der Waals surface area (Å²) < 4.78 is 35.2. The Hall–Kier alpha value is -3.12. The fourth-order valence-corrected chi connectivity index (χ4v) is 7.95. The van der Waals surface area contributed by atoms with Gasteiger partial charge in [0.05, 0.1) is 5.02 Å². The van der Waals surface area contributed by atoms with Gasteiger partial charge in [0.1, 0.15) is 28.8 Å². The smallest absolute Gasteiger partial charge is 0.245 e. The highest BCUT2D eigenvalue weighted by molar-refractivity contribution is 7.89. The van der Waals surface area contributed by atoms with Gasteiger partial charge in [-0.2, -0.15) is 4.31 Å². The van der Waals surface area contributed by atoms with Gasteiger partial charge in [-0.25, -0.2) is 13.4 Å². The zero-order valence-electron chi connectivity index (χ0n) is 23.6. The van der Waals surface area contributed by atoms with Crippen molar-refractivity contribution in [3.63, 3.8) is 0 Å². The van der Waals surface area contributed by atoms with E-state index in [1.54, 1.807) is 11.0 Å². The number of nitrogens with zero attached hydrogens (tertiary/aromatic N) is 4. The number of fused-ring (bicyclic) bond motifs is 1. The molecule has 1 unspecified atom stereocenters. The van der Waals surface area contributed by atoms with Crippen LogP contribution in [0, 0.1) is 12.3 Å². The Morgan fingerprint density at radius 1 is 1.07 bits per heavy atom. The Morgan fingerprint density at radius 3 is 2.55 bits per heavy atom. The number of aromatic nitrogens is 1. The van der Waals surface area contributed by atoms with Crippen LogP contribution in [0.1, 0.15) is 31.0 Å². The number of guanidine groups is 1. The predicted octanol–water partition coefficient (Wildman–Crippen LogP) is 4.27. The van der Waals surface area contributed by atoms with Gasteiger partial charge >= 0.3 is 0 Å². The molecule has 10 nitrogen and oxygen atoms in total. The van der Waals surface area contributed by atoms with Crippen LogP contribution in [0.4, 0.5) is 0 Å². The number of aryl methyl sites for hydroxylation is 1. The minimum absolute atomic E-state index is 0.0273. The second-order valence-corrected chi connectivity index (χ2v) is 13.0. The molecule has 0 radical (unpaired) electrons. The van der Waals surface area contributed by atoms with Crippen LogP contribution >= 0.6 is 23.2 Å². The highest BCUT2D eigenvalue weighted by Crippen LogP contribution is 2.37. The van der Waals surface area contributed by atoms with E-state index in [9.17, 15) is 13.2 Å². The standard InChI is InChI=1S/C29H34Cl2N6O4S/c1-3-33-29(32)36-16-14-35(15-17-36)28(38)23-7-5-13-37(23)42(39,40)25-12-11-22(30)21(26(25)31)18-41-24-8-4-6-20-10-9-19(2)34-27(20)24/h4,6,8-12,23H,3,5,7,13-18H2,1-2H3,(H2,32,33). The van der Waals surface area contributed by atoms with E-state index in [4.69, 9.17) is 33.3 Å². The monoisotopic (exact) mass is 632 g/mol. The lowest BCUT2D eigenvalue weighted by atomic mass is 10.2. The first-order chi connectivity index (χ1) is 20.1. The number of amides is 1. The van der Waals surface area contributed by atoms with Crippen LogP contribution in [0.3, 0.4) is 0 Å². The Balaban J connectivity index is 1.34. The summed E-state index contributed by atoms with van der Waals surface area (Å²) >= 11 is 13.2. The maximum absolute atomic E-state index is 13.9. The van der Waals surface area contributed by atoms with Gasteiger partial charge in [-0.1, -0.05) is 41.4 Å². The summed E-state index contributed by atoms with van der Waals surface area (Å²) in [5, 5.41) is 12.2. The third-order valence-corrected chi connectivity index (χ3v) is 10.5. The maximum Gasteiger partial charge on any atom is 0.245 e. The number of carbonyl (C=O) groups is 1. The first kappa shape index (κ1) is 30.3. The number of para-hydroxylation sites is 1. The Morgan fingerprint density at radius 2 is 1.81 bits per heavy atom. The summed E-state index contributed by atoms with van der Waals surface area (Å²) in [6.45, 7) is 6.48. The lowest BCUT2D eigenvalue weighted by molar-refractivity contribution is -0.135. The Kier molecular flexibility index (Phi) is 9.12. The fraction of sp³-hybridized carbons (Fsp3) is 0.414. The minimum Gasteiger partial charge on any atom is -0.487 e. The Bertz CT molecular complexity index is 1610. The van der Waals surface area contributed by atoms with E-state index in [1.807, 2.05) is 43.0 Å². The van der Waals surface area contributed by atoms with Crippen molar-refractivity contribution in [2.45, 2.75) is 44.2 Å². The molecule has 1 amide bonds. The second kappa shape index (κ2) is 12.6. The van der Waals surface area contributed by atoms with Crippen molar-refractivity contribution in [1.82, 2.24) is 24.4 Å². The van der Waals surface area contributed by atoms with Crippen molar-refractivity contribution in [1.29, 1.82) is 5.41 Å². The van der Waals surface area contributed by atoms with Gasteiger partial charge in [0, 0.05) is 60.9 Å². The topological polar surface area (TPSA) is 119 Å². The molecule has 0 bridgehead atoms. The molecular formula is C29H34Cl2N6O4S. The lowest BCUT2D eigenvalue weighted by Crippen LogP contribution is -2.56. The van der Waals surface area contributed by atoms with Crippen LogP contribution < -0.4 is 10.1 Å². The highest BCUT2D eigenvalue weighted by Gasteiger charge is 2.42. The summed E-state index contributed by atoms with van der Waals surface area (Å²) in [5.74, 6) is 0.638. The number of sulfonamides is 1. The zero-order chi connectivity index (χ0) is 30.0. The van der Waals surface area contributed by atoms with Crippen LogP contribution in [-0.4, -0.2) is 84.7 Å². The predicted molar refractivity (Wildman–Crippen MR) is 164 cm³/mol. The van der Waals surface area contributed by atoms with Gasteiger partial charge in [0.25, 0.3) is 0 Å². The molecule has 0 spiro atoms. The van der Waals surface area contributed by atoms with Crippen molar-refractivity contribution in [3.05, 3.63) is 63.8 Å². The highest BCUT2D eigenvalue weighted by atomic mass is 35.5. The number of piperazine rings is 1. The molecule has 3 heterocycles. The van der Waals surface area contributed by atoms with Gasteiger partial charge < -0.3 is 19.9 Å². The van der Waals surface area contributed by atoms with Crippen molar-refractivity contribution < 1.29 is 17.9 Å². The molecule has 3 aromatic rings. The van der Waals surface area contributed by atoms with E-state index in [1.165, 1.54) is 16.4 Å². The molecule has 224 valence electrons. The molecule has 1 aromatic heterocycles. The van der Waals surface area contributed by atoms with Gasteiger partial charge in [-0.15, -0.1) is 0 Å². The van der Waals surface area contributed by atoms with E-state index in [0.717, 1.165) is 11.1 Å². The number of nitrogens with one attached hydrogen (secondary N) is 2. The normalized spacial score (nSPS) is 18.0. The number of halogens is 2. The molecule has 2 aromatic carbocycles. The van der Waals surface area contributed by atoms with Crippen LogP contribution in [-0.2, 0) is 21.4 Å². The lowest BCUT2D eigenvalue weighted by Gasteiger charge is -2.38. The van der Waals surface area contributed by atoms with Crippen LogP contribution in [0.5, 0.6) is 5.75 Å². The van der Waals surface area contributed by atoms with E-state index >= 15 is 0 Å². The number of benzene rings is 2. The Labute approximate surface area is 256 Å². The number of rotatable bonds is 7. The maximum atomic E-state index is 13.9. The van der Waals surface area contributed by atoms with E-state index in [2.05, 4.69) is 10.3 Å². The number of hydrogen-bond acceptors (Lipinski definition) is 6. The minimum atomic E-state index is -4.12. The van der Waals surface area contributed by atoms with Gasteiger partial charge in [-0.05, 0) is 51.0 Å². The number of hydrogen-bond donors (Lipinski definition) is 2. The second-order valence-electron chi connectivity index (χ2n) is 10.4. The van der Waals surface area contributed by atoms with Crippen LogP contribution in [0.15, 0.2) is 47.4 Å². The van der Waals surface area contributed by atoms with Gasteiger partial charge in [0.15, 0.2) is 5.96 Å². The molecule has 2 N–H and O–H groups in total. The summed E-state index contributed by atoms with van der Waals surface area (Å²) in [6.07, 6.45) is 0.996. The molecule has 42 heavy (non-hydrogen) atoms. The first-order valence-corrected chi connectivity index (χ1v) is 16.2. The molecule has 2 fully saturated rings. The van der Waals surface area contributed by atoms with Gasteiger partial charge in [-0.3, -0.25) is 10.2 Å². The van der Waals surface area contributed by atoms with E-state index < -0.39 is 16.1 Å². The third-order valence-electron chi connectivity index (χ3n) is 7.67. The van der Waals surface area contributed by atoms with E-state index in [0.29, 0.717) is 68.4 Å². The van der Waals surface area contributed by atoms with Crippen molar-refractivity contribution in [2.24, 2.45) is 0 Å². The van der Waals surface area contributed by atoms with Gasteiger partial charge in [0.2, 0.25) is 15.9 Å². The van der Waals surface area contributed by atoms with Crippen LogP contribution in [0.25, 0.3) is 10.9 Å². The number of pyridine rings is 1. The summed E-state index contributed by atoms with van der Waals surface area (Å²) in [4.78, 5) is 21.6. The fourth-order valence-electron chi connectivity index (χ4n) is 5.43. The molecule has 2 aliphatic rings. The zero-order valence-corrected chi connectivity index (χ0v) is 25.9. The number of ether oxygens (including phenoxy) is 1. The third kappa shape index (κ3) is 6.01. The molecular weight excluding hydrogens is 599 g/mol. The van der Waals surface area contributed by atoms with Crippen molar-refractivity contribution in [3.8, 4) is 5.75 Å². The first-order valence-electron chi connectivity index (χ1n) is 14.0. The molecule has 0 aliphatic carbocycles. The largest absolute Gasteiger partial charge is 0.487 e. The average Bonchev–Trinajstić information content (AvgIpc) is 3.48. The molecule has 13 heteroatoms. The van der Waals surface area contributed by atoms with E-state index in [-0.39, 0.29) is 34.0 Å². The van der Waals surface area contributed by atoms with Crippen molar-refractivity contribution >= 4 is 56.0 Å². The summed E-state index contributed by atoms with van der Waals surface area (Å²) in [7, 11) is -4.12. The number of carbonyl (C=O) groups excluding carboxylic acids is 1.